The minimum absolute atomic E-state index is 0.0124. The average Bonchev–Trinajstić information content (AvgIpc) is 2.05. The highest BCUT2D eigenvalue weighted by atomic mass is 31.2. The molecule has 5 aliphatic carbocycles. The van der Waals surface area contributed by atoms with E-state index in [1.54, 1.807) is 26.2 Å². The second-order valence-electron chi connectivity index (χ2n) is 29.5. The molecule has 4 amide bonds. The van der Waals surface area contributed by atoms with Crippen molar-refractivity contribution in [2.45, 2.75) is 230 Å². The number of phosphoric acid groups is 1. The van der Waals surface area contributed by atoms with Gasteiger partial charge in [0.1, 0.15) is 6.04 Å². The largest absolute Gasteiger partial charge is 0.469 e. The van der Waals surface area contributed by atoms with Crippen LogP contribution < -0.4 is 10.6 Å². The molecule has 15 nitrogen and oxygen atoms in total. The number of carbonyl (C=O) groups excluding carboxylic acids is 4. The summed E-state index contributed by atoms with van der Waals surface area (Å²) in [5.74, 6) is 0.832. The summed E-state index contributed by atoms with van der Waals surface area (Å²) in [5.41, 5.74) is 1.38. The highest BCUT2D eigenvalue weighted by molar-refractivity contribution is 7.46. The SMILES string of the molecule is C=C(C)[C@@H]1CC[C@]2(COP(=O)(O)O)CC[C@]3(C)C(CCC4[C@@]5(C)CC[C@H](CCNC(=O)[C@H](C)[C@@H](OC)C6CCCN6C(=O)C[C@@H](OC)[C@H]([C@@H](C)CC)N(C)C(=O)[C@@H](NC(=O)C(C(C)C)N(C)C)C(C)C)C(C)(C)[C@]5(C)CC[C@]43C)[C@@H]12. The summed E-state index contributed by atoms with van der Waals surface area (Å²) in [5, 5.41) is 6.44. The second-order valence-corrected chi connectivity index (χ2v) is 30.7. The first kappa shape index (κ1) is 66.7. The molecule has 0 aromatic rings. The Labute approximate surface area is 485 Å². The third kappa shape index (κ3) is 12.1. The van der Waals surface area contributed by atoms with E-state index in [9.17, 15) is 33.5 Å². The van der Waals surface area contributed by atoms with Crippen LogP contribution in [0.5, 0.6) is 0 Å². The molecule has 1 saturated heterocycles. The molecule has 4 N–H and O–H groups in total. The number of methoxy groups -OCH3 is 2. The molecular weight excluding hydrogens is 1030 g/mol. The molecule has 6 aliphatic rings. The van der Waals surface area contributed by atoms with E-state index in [4.69, 9.17) is 14.0 Å². The van der Waals surface area contributed by atoms with Gasteiger partial charge in [-0.1, -0.05) is 109 Å². The van der Waals surface area contributed by atoms with Gasteiger partial charge in [0, 0.05) is 34.4 Å². The zero-order chi connectivity index (χ0) is 60.0. The Hall–Kier alpha value is -2.39. The van der Waals surface area contributed by atoms with Crippen molar-refractivity contribution in [2.24, 2.45) is 85.8 Å². The van der Waals surface area contributed by atoms with Crippen molar-refractivity contribution < 1.29 is 47.5 Å². The number of rotatable bonds is 24. The van der Waals surface area contributed by atoms with Gasteiger partial charge in [-0.3, -0.25) is 28.6 Å². The van der Waals surface area contributed by atoms with Crippen LogP contribution in [-0.2, 0) is 37.7 Å². The van der Waals surface area contributed by atoms with Crippen LogP contribution in [0, 0.1) is 85.8 Å². The predicted molar refractivity (Wildman–Crippen MR) is 318 cm³/mol. The molecule has 0 aromatic carbocycles. The van der Waals surface area contributed by atoms with E-state index in [2.05, 4.69) is 79.5 Å². The molecule has 5 saturated carbocycles. The fourth-order valence-electron chi connectivity index (χ4n) is 19.5. The molecule has 4 unspecified atom stereocenters. The smallest absolute Gasteiger partial charge is 0.379 e. The maximum atomic E-state index is 14.6. The van der Waals surface area contributed by atoms with E-state index in [1.165, 1.54) is 12.0 Å². The highest BCUT2D eigenvalue weighted by Crippen LogP contribution is 2.80. The topological polar surface area (TPSA) is 187 Å². The summed E-state index contributed by atoms with van der Waals surface area (Å²) < 4.78 is 29.9. The summed E-state index contributed by atoms with van der Waals surface area (Å²) in [6, 6.07) is -1.91. The van der Waals surface area contributed by atoms with E-state index in [0.717, 1.165) is 77.0 Å². The Morgan fingerprint density at radius 2 is 1.45 bits per heavy atom. The molecule has 0 bridgehead atoms. The molecule has 6 fully saturated rings. The predicted octanol–water partition coefficient (Wildman–Crippen LogP) is 10.9. The molecule has 0 radical (unpaired) electrons. The number of hydrogen-bond acceptors (Lipinski definition) is 9. The van der Waals surface area contributed by atoms with Crippen LogP contribution in [0.15, 0.2) is 12.2 Å². The molecule has 0 spiro atoms. The van der Waals surface area contributed by atoms with Gasteiger partial charge in [0.15, 0.2) is 0 Å². The summed E-state index contributed by atoms with van der Waals surface area (Å²) in [4.78, 5) is 82.2. The maximum Gasteiger partial charge on any atom is 0.469 e. The first-order chi connectivity index (χ1) is 37.1. The standard InChI is InChI=1S/C64H114N5O10P/c1-21-42(8)54(68(18)58(73)52(40(4)5)66-57(72)53(41(6)7)67(16)17)48(77-19)37-50(70)69-36-22-23-47(69)55(78-20)43(9)56(71)65-35-28-44-26-29-62(14)49-25-24-46-51-45(39(2)3)27-30-64(51,38-79-80(74,75)76)34-32-60(46,12)61(49,13)31-33-63(62,15)59(44,10)11/h40-49,51-55H,2,21-38H2,1,3-20H3,(H,65,71)(H,66,72)(H2,74,75,76)/t42-,43+,44+,45-,46?,47?,48+,49?,51+,52-,53?,54-,55+,60+,61+,62+,63-,64+/m0/s1. The second kappa shape index (κ2) is 25.3. The fourth-order valence-corrected chi connectivity index (χ4v) is 19.9. The molecule has 0 aromatic heterocycles. The Kier molecular flexibility index (Phi) is 21.1. The van der Waals surface area contributed by atoms with Crippen LogP contribution in [0.4, 0.5) is 0 Å². The number of hydrogen-bond donors (Lipinski definition) is 4. The van der Waals surface area contributed by atoms with Crippen LogP contribution in [0.1, 0.15) is 193 Å². The van der Waals surface area contributed by atoms with Gasteiger partial charge in [-0.05, 0) is 184 Å². The Morgan fingerprint density at radius 1 is 0.800 bits per heavy atom. The first-order valence-corrected chi connectivity index (χ1v) is 32.8. The van der Waals surface area contributed by atoms with Gasteiger partial charge >= 0.3 is 7.82 Å². The van der Waals surface area contributed by atoms with Crippen LogP contribution in [0.2, 0.25) is 0 Å². The van der Waals surface area contributed by atoms with Crippen molar-refractivity contribution in [1.29, 1.82) is 0 Å². The minimum Gasteiger partial charge on any atom is -0.379 e. The van der Waals surface area contributed by atoms with Crippen molar-refractivity contribution >= 4 is 31.5 Å². The first-order valence-electron chi connectivity index (χ1n) is 31.3. The summed E-state index contributed by atoms with van der Waals surface area (Å²) in [6.45, 7) is 37.3. The molecule has 16 heteroatoms. The van der Waals surface area contributed by atoms with Crippen molar-refractivity contribution in [3.8, 4) is 0 Å². The number of amides is 4. The van der Waals surface area contributed by atoms with E-state index in [1.807, 2.05) is 58.5 Å². The van der Waals surface area contributed by atoms with E-state index < -0.39 is 44.1 Å². The minimum atomic E-state index is -4.61. The van der Waals surface area contributed by atoms with Crippen molar-refractivity contribution in [3.05, 3.63) is 12.2 Å². The zero-order valence-corrected chi connectivity index (χ0v) is 54.4. The summed E-state index contributed by atoms with van der Waals surface area (Å²) in [7, 11) is 4.14. The van der Waals surface area contributed by atoms with E-state index in [-0.39, 0.29) is 92.9 Å². The third-order valence-electron chi connectivity index (χ3n) is 24.8. The lowest BCUT2D eigenvalue weighted by Crippen LogP contribution is -2.69. The van der Waals surface area contributed by atoms with Crippen molar-refractivity contribution in [3.63, 3.8) is 0 Å². The molecule has 1 aliphatic heterocycles. The monoisotopic (exact) mass is 1140 g/mol. The van der Waals surface area contributed by atoms with Gasteiger partial charge in [-0.2, -0.15) is 0 Å². The van der Waals surface area contributed by atoms with Crippen molar-refractivity contribution in [1.82, 2.24) is 25.3 Å². The Morgan fingerprint density at radius 3 is 2.01 bits per heavy atom. The number of fused-ring (bicyclic) bond motifs is 7. The molecule has 18 atom stereocenters. The lowest BCUT2D eigenvalue weighted by Gasteiger charge is -2.76. The molecule has 80 heavy (non-hydrogen) atoms. The number of nitrogens with zero attached hydrogens (tertiary/aromatic N) is 3. The maximum absolute atomic E-state index is 14.6. The molecule has 460 valence electrons. The number of carbonyl (C=O) groups is 4. The molecule has 6 rings (SSSR count). The van der Waals surface area contributed by atoms with Gasteiger partial charge < -0.3 is 39.7 Å². The third-order valence-corrected chi connectivity index (χ3v) is 25.3. The van der Waals surface area contributed by atoms with Crippen LogP contribution in [0.25, 0.3) is 0 Å². The van der Waals surface area contributed by atoms with Gasteiger partial charge in [0.05, 0.1) is 49.3 Å². The van der Waals surface area contributed by atoms with E-state index in [0.29, 0.717) is 49.1 Å². The molecule has 1 heterocycles. The van der Waals surface area contributed by atoms with Crippen LogP contribution in [-0.4, -0.2) is 140 Å². The number of likely N-dealkylation sites (N-methyl/N-ethyl adjacent to an activating group) is 2. The van der Waals surface area contributed by atoms with Crippen LogP contribution in [0.3, 0.4) is 0 Å². The van der Waals surface area contributed by atoms with Crippen LogP contribution >= 0.6 is 7.82 Å². The normalized spacial score (nSPS) is 35.7. The van der Waals surface area contributed by atoms with Crippen molar-refractivity contribution in [2.75, 3.05) is 55.1 Å². The number of allylic oxidation sites excluding steroid dienone is 1. The summed E-state index contributed by atoms with van der Waals surface area (Å²) >= 11 is 0. The van der Waals surface area contributed by atoms with E-state index >= 15 is 0 Å². The number of phosphoric ester groups is 1. The lowest BCUT2D eigenvalue weighted by atomic mass is 9.28. The van der Waals surface area contributed by atoms with Gasteiger partial charge in [0.2, 0.25) is 23.6 Å². The lowest BCUT2D eigenvalue weighted by molar-refractivity contribution is -0.275. The number of likely N-dealkylation sites (tertiary alicyclic amines) is 1. The summed E-state index contributed by atoms with van der Waals surface area (Å²) in [6.07, 6.45) is 12.8. The average molecular weight is 1140 g/mol. The zero-order valence-electron chi connectivity index (χ0n) is 53.5. The fraction of sp³-hybridized carbons (Fsp3) is 0.906. The quantitative estimate of drug-likeness (QED) is 0.0532. The van der Waals surface area contributed by atoms with Gasteiger partial charge in [0.25, 0.3) is 0 Å². The molecular formula is C64H114N5O10P. The highest BCUT2D eigenvalue weighted by Gasteiger charge is 2.73. The Bertz CT molecular complexity index is 2250. The number of ether oxygens (including phenoxy) is 2. The van der Waals surface area contributed by atoms with Gasteiger partial charge in [-0.25, -0.2) is 4.57 Å². The van der Waals surface area contributed by atoms with Gasteiger partial charge in [-0.15, -0.1) is 0 Å². The Balaban J connectivity index is 1.10. The number of nitrogens with one attached hydrogen (secondary N) is 2.